The van der Waals surface area contributed by atoms with E-state index in [9.17, 15) is 5.11 Å². The zero-order valence-electron chi connectivity index (χ0n) is 20.7. The fourth-order valence-electron chi connectivity index (χ4n) is 4.83. The van der Waals surface area contributed by atoms with Gasteiger partial charge < -0.3 is 14.4 Å². The zero-order valence-corrected chi connectivity index (χ0v) is 21.5. The monoisotopic (exact) mass is 515 g/mol. The molecular weight excluding hydrogens is 486 g/mol. The molecular formula is C28H29N5O3S. The van der Waals surface area contributed by atoms with E-state index in [0.29, 0.717) is 24.8 Å². The van der Waals surface area contributed by atoms with Gasteiger partial charge in [-0.2, -0.15) is 4.98 Å². The number of aliphatic hydroxyl groups excluding tert-OH is 1. The molecule has 0 spiro atoms. The van der Waals surface area contributed by atoms with Gasteiger partial charge in [0.2, 0.25) is 11.7 Å². The predicted molar refractivity (Wildman–Crippen MR) is 145 cm³/mol. The lowest BCUT2D eigenvalue weighted by Gasteiger charge is -2.34. The number of nitrogens with zero attached hydrogens (tertiary/aromatic N) is 5. The Balaban J connectivity index is 0.981. The number of rotatable bonds is 8. The summed E-state index contributed by atoms with van der Waals surface area (Å²) in [6.07, 6.45) is -0.557. The molecule has 3 aromatic carbocycles. The predicted octanol–water partition coefficient (Wildman–Crippen LogP) is 4.37. The largest absolute Gasteiger partial charge is 0.491 e. The molecule has 1 saturated heterocycles. The van der Waals surface area contributed by atoms with Crippen molar-refractivity contribution in [3.63, 3.8) is 0 Å². The van der Waals surface area contributed by atoms with Gasteiger partial charge in [-0.15, -0.1) is 11.3 Å². The van der Waals surface area contributed by atoms with E-state index in [1.165, 1.54) is 0 Å². The van der Waals surface area contributed by atoms with Crippen LogP contribution in [-0.4, -0.2) is 75.5 Å². The Kier molecular flexibility index (Phi) is 6.84. The minimum Gasteiger partial charge on any atom is -0.491 e. The molecule has 9 heteroatoms. The molecule has 190 valence electrons. The summed E-state index contributed by atoms with van der Waals surface area (Å²) >= 11 is 1.67. The minimum atomic E-state index is -0.557. The van der Waals surface area contributed by atoms with Crippen molar-refractivity contribution in [2.45, 2.75) is 19.6 Å². The van der Waals surface area contributed by atoms with Crippen LogP contribution in [0.1, 0.15) is 10.9 Å². The van der Waals surface area contributed by atoms with Crippen molar-refractivity contribution in [1.82, 2.24) is 24.9 Å². The summed E-state index contributed by atoms with van der Waals surface area (Å²) in [5.74, 6) is 1.99. The molecule has 1 atom stereocenters. The van der Waals surface area contributed by atoms with E-state index in [1.807, 2.05) is 49.4 Å². The second-order valence-electron chi connectivity index (χ2n) is 9.44. The summed E-state index contributed by atoms with van der Waals surface area (Å²) in [6, 6.07) is 20.3. The molecule has 8 nitrogen and oxygen atoms in total. The van der Waals surface area contributed by atoms with Crippen molar-refractivity contribution in [1.29, 1.82) is 0 Å². The maximum absolute atomic E-state index is 10.5. The van der Waals surface area contributed by atoms with Gasteiger partial charge in [-0.05, 0) is 29.8 Å². The summed E-state index contributed by atoms with van der Waals surface area (Å²) in [5, 5.41) is 18.1. The maximum atomic E-state index is 10.5. The Morgan fingerprint density at radius 2 is 1.81 bits per heavy atom. The van der Waals surface area contributed by atoms with Crippen LogP contribution < -0.4 is 4.74 Å². The number of benzene rings is 3. The van der Waals surface area contributed by atoms with Crippen LogP contribution in [0.4, 0.5) is 0 Å². The number of ether oxygens (including phenoxy) is 1. The quantitative estimate of drug-likeness (QED) is 0.326. The molecule has 5 aromatic rings. The molecule has 1 unspecified atom stereocenters. The van der Waals surface area contributed by atoms with Crippen LogP contribution in [0.2, 0.25) is 0 Å². The Hall–Kier alpha value is -3.37. The van der Waals surface area contributed by atoms with Crippen LogP contribution in [0.3, 0.4) is 0 Å². The smallest absolute Gasteiger partial charge is 0.241 e. The summed E-state index contributed by atoms with van der Waals surface area (Å²) in [4.78, 5) is 13.8. The average molecular weight is 516 g/mol. The second kappa shape index (κ2) is 10.5. The van der Waals surface area contributed by atoms with Crippen LogP contribution >= 0.6 is 11.3 Å². The molecule has 0 amide bonds. The topological polar surface area (TPSA) is 87.8 Å². The maximum Gasteiger partial charge on any atom is 0.241 e. The SMILES string of the molecule is Cc1nc2cc(OCC(O)CN3CCN(Cc4nc(-c5cccc6ccccc56)no4)CC3)ccc2s1. The summed E-state index contributed by atoms with van der Waals surface area (Å²) in [7, 11) is 0. The number of thiazole rings is 1. The Morgan fingerprint density at radius 3 is 2.70 bits per heavy atom. The molecule has 1 N–H and O–H groups in total. The number of β-amino-alcohol motifs (C(OH)–C–C–N with tert-alkyl or cyclic N) is 1. The number of aromatic nitrogens is 3. The van der Waals surface area contributed by atoms with Gasteiger partial charge in [-0.3, -0.25) is 9.80 Å². The number of piperazine rings is 1. The van der Waals surface area contributed by atoms with Gasteiger partial charge in [0.1, 0.15) is 18.5 Å². The van der Waals surface area contributed by atoms with Gasteiger partial charge in [0.15, 0.2) is 0 Å². The van der Waals surface area contributed by atoms with Gasteiger partial charge >= 0.3 is 0 Å². The molecule has 0 bridgehead atoms. The number of aliphatic hydroxyl groups is 1. The highest BCUT2D eigenvalue weighted by Gasteiger charge is 2.22. The molecule has 1 fully saturated rings. The van der Waals surface area contributed by atoms with Crippen molar-refractivity contribution < 1.29 is 14.4 Å². The van der Waals surface area contributed by atoms with Crippen molar-refractivity contribution in [2.75, 3.05) is 39.3 Å². The average Bonchev–Trinajstić information content (AvgIpc) is 3.53. The van der Waals surface area contributed by atoms with E-state index >= 15 is 0 Å². The van der Waals surface area contributed by atoms with E-state index in [0.717, 1.165) is 63.5 Å². The molecule has 2 aromatic heterocycles. The third-order valence-electron chi connectivity index (χ3n) is 6.70. The first-order chi connectivity index (χ1) is 18.1. The van der Waals surface area contributed by atoms with Gasteiger partial charge in [0.25, 0.3) is 0 Å². The Bertz CT molecular complexity index is 1500. The molecule has 37 heavy (non-hydrogen) atoms. The first-order valence-electron chi connectivity index (χ1n) is 12.5. The molecule has 0 aliphatic carbocycles. The van der Waals surface area contributed by atoms with Crippen molar-refractivity contribution in [3.8, 4) is 17.1 Å². The van der Waals surface area contributed by atoms with E-state index in [-0.39, 0.29) is 6.61 Å². The highest BCUT2D eigenvalue weighted by Crippen LogP contribution is 2.27. The minimum absolute atomic E-state index is 0.258. The normalized spacial score (nSPS) is 15.9. The first kappa shape index (κ1) is 24.0. The van der Waals surface area contributed by atoms with Gasteiger partial charge in [-0.1, -0.05) is 47.6 Å². The summed E-state index contributed by atoms with van der Waals surface area (Å²) in [5.41, 5.74) is 1.92. The number of aryl methyl sites for hydroxylation is 1. The highest BCUT2D eigenvalue weighted by atomic mass is 32.1. The second-order valence-corrected chi connectivity index (χ2v) is 10.7. The van der Waals surface area contributed by atoms with Crippen LogP contribution in [-0.2, 0) is 6.54 Å². The van der Waals surface area contributed by atoms with Gasteiger partial charge in [0, 0.05) is 44.4 Å². The first-order valence-corrected chi connectivity index (χ1v) is 13.4. The highest BCUT2D eigenvalue weighted by molar-refractivity contribution is 7.18. The standard InChI is InChI=1S/C28H29N5O3S/c1-19-29-25-15-22(9-10-26(25)37-19)35-18-21(34)16-32-11-13-33(14-12-32)17-27-30-28(31-36-27)24-8-4-6-20-5-2-3-7-23(20)24/h2-10,15,21,34H,11-14,16-18H2,1H3. The van der Waals surface area contributed by atoms with Crippen molar-refractivity contribution in [2.24, 2.45) is 0 Å². The molecule has 0 radical (unpaired) electrons. The lowest BCUT2D eigenvalue weighted by atomic mass is 10.0. The molecule has 1 aliphatic heterocycles. The van der Waals surface area contributed by atoms with Crippen LogP contribution in [0.25, 0.3) is 32.4 Å². The van der Waals surface area contributed by atoms with Crippen molar-refractivity contribution >= 4 is 32.3 Å². The number of fused-ring (bicyclic) bond motifs is 2. The van der Waals surface area contributed by atoms with Crippen LogP contribution in [0, 0.1) is 6.92 Å². The van der Waals surface area contributed by atoms with E-state index in [1.54, 1.807) is 11.3 Å². The Morgan fingerprint density at radius 1 is 1.00 bits per heavy atom. The molecule has 6 rings (SSSR count). The van der Waals surface area contributed by atoms with Gasteiger partial charge in [-0.25, -0.2) is 4.98 Å². The molecule has 3 heterocycles. The van der Waals surface area contributed by atoms with E-state index in [2.05, 4.69) is 43.1 Å². The van der Waals surface area contributed by atoms with Crippen molar-refractivity contribution in [3.05, 3.63) is 71.6 Å². The Labute approximate surface area is 219 Å². The molecule has 1 aliphatic rings. The lowest BCUT2D eigenvalue weighted by Crippen LogP contribution is -2.48. The fourth-order valence-corrected chi connectivity index (χ4v) is 5.63. The van der Waals surface area contributed by atoms with Crippen LogP contribution in [0.5, 0.6) is 5.75 Å². The third-order valence-corrected chi connectivity index (χ3v) is 7.65. The fraction of sp³-hybridized carbons (Fsp3) is 0.321. The third kappa shape index (κ3) is 5.50. The molecule has 0 saturated carbocycles. The summed E-state index contributed by atoms with van der Waals surface area (Å²) in [6.45, 7) is 6.94. The van der Waals surface area contributed by atoms with Crippen LogP contribution in [0.15, 0.2) is 65.2 Å². The number of hydrogen-bond donors (Lipinski definition) is 1. The van der Waals surface area contributed by atoms with E-state index < -0.39 is 6.10 Å². The lowest BCUT2D eigenvalue weighted by molar-refractivity contribution is 0.0426. The summed E-state index contributed by atoms with van der Waals surface area (Å²) < 4.78 is 12.6. The number of hydrogen-bond acceptors (Lipinski definition) is 9. The zero-order chi connectivity index (χ0) is 25.2. The van der Waals surface area contributed by atoms with Gasteiger partial charge in [0.05, 0.1) is 21.8 Å². The van der Waals surface area contributed by atoms with E-state index in [4.69, 9.17) is 9.26 Å².